The first kappa shape index (κ1) is 20.5. The molecule has 0 spiro atoms. The second-order valence-corrected chi connectivity index (χ2v) is 9.58. The van der Waals surface area contributed by atoms with Gasteiger partial charge in [0.2, 0.25) is 0 Å². The maximum Gasteiger partial charge on any atom is 0.277 e. The van der Waals surface area contributed by atoms with Crippen molar-refractivity contribution in [1.29, 1.82) is 0 Å². The molecule has 3 fully saturated rings. The molecule has 0 radical (unpaired) electrons. The van der Waals surface area contributed by atoms with Gasteiger partial charge in [-0.25, -0.2) is 0 Å². The molecule has 5 rings (SSSR count). The van der Waals surface area contributed by atoms with Crippen molar-refractivity contribution in [3.05, 3.63) is 41.3 Å². The number of nitrogens with zero attached hydrogens (tertiary/aromatic N) is 2. The summed E-state index contributed by atoms with van der Waals surface area (Å²) in [6.45, 7) is 0. The SMILES string of the molecule is O=Cc1cccc(-c2c(C(=O)N(C3CCCCC3)C3CCCCC3)noc2C2CC2)c1. The third-order valence-corrected chi connectivity index (χ3v) is 7.35. The molecule has 164 valence electrons. The van der Waals surface area contributed by atoms with Crippen molar-refractivity contribution in [1.82, 2.24) is 10.1 Å². The molecule has 1 aromatic carbocycles. The molecule has 3 saturated carbocycles. The maximum atomic E-state index is 14.1. The molecule has 5 nitrogen and oxygen atoms in total. The Balaban J connectivity index is 1.55. The van der Waals surface area contributed by atoms with Gasteiger partial charge in [0.05, 0.1) is 5.56 Å². The zero-order chi connectivity index (χ0) is 21.2. The zero-order valence-electron chi connectivity index (χ0n) is 18.2. The van der Waals surface area contributed by atoms with E-state index in [9.17, 15) is 9.59 Å². The van der Waals surface area contributed by atoms with Crippen molar-refractivity contribution in [3.63, 3.8) is 0 Å². The lowest BCUT2D eigenvalue weighted by atomic mass is 9.88. The Morgan fingerprint density at radius 2 is 1.58 bits per heavy atom. The summed E-state index contributed by atoms with van der Waals surface area (Å²) in [5.41, 5.74) is 2.73. The molecule has 3 aliphatic rings. The van der Waals surface area contributed by atoms with E-state index in [1.807, 2.05) is 18.2 Å². The second kappa shape index (κ2) is 8.97. The Morgan fingerprint density at radius 1 is 0.935 bits per heavy atom. The predicted molar refractivity (Wildman–Crippen MR) is 119 cm³/mol. The topological polar surface area (TPSA) is 63.4 Å². The van der Waals surface area contributed by atoms with Gasteiger partial charge in [-0.1, -0.05) is 61.9 Å². The molecular formula is C26H32N2O3. The molecule has 0 unspecified atom stereocenters. The Labute approximate surface area is 184 Å². The minimum absolute atomic E-state index is 0.0287. The maximum absolute atomic E-state index is 14.1. The van der Waals surface area contributed by atoms with Gasteiger partial charge in [-0.05, 0) is 50.2 Å². The van der Waals surface area contributed by atoms with Gasteiger partial charge < -0.3 is 9.42 Å². The number of amides is 1. The lowest BCUT2D eigenvalue weighted by molar-refractivity contribution is 0.0439. The molecule has 0 bridgehead atoms. The first-order valence-corrected chi connectivity index (χ1v) is 12.1. The van der Waals surface area contributed by atoms with Crippen molar-refractivity contribution in [3.8, 4) is 11.1 Å². The van der Waals surface area contributed by atoms with E-state index < -0.39 is 0 Å². The molecule has 5 heteroatoms. The van der Waals surface area contributed by atoms with E-state index in [4.69, 9.17) is 4.52 Å². The summed E-state index contributed by atoms with van der Waals surface area (Å²) in [7, 11) is 0. The molecule has 0 saturated heterocycles. The molecule has 0 atom stereocenters. The Hall–Kier alpha value is -2.43. The molecule has 0 N–H and O–H groups in total. The molecule has 0 aliphatic heterocycles. The minimum atomic E-state index is 0.0287. The van der Waals surface area contributed by atoms with Gasteiger partial charge in [-0.15, -0.1) is 0 Å². The lowest BCUT2D eigenvalue weighted by Gasteiger charge is -2.41. The summed E-state index contributed by atoms with van der Waals surface area (Å²) in [6, 6.07) is 8.09. The number of hydrogen-bond acceptors (Lipinski definition) is 4. The number of carbonyl (C=O) groups excluding carboxylic acids is 2. The first-order chi connectivity index (χ1) is 15.3. The fourth-order valence-electron chi connectivity index (χ4n) is 5.59. The van der Waals surface area contributed by atoms with Gasteiger partial charge in [0.1, 0.15) is 12.0 Å². The number of hydrogen-bond donors (Lipinski definition) is 0. The van der Waals surface area contributed by atoms with Gasteiger partial charge in [-0.3, -0.25) is 9.59 Å². The van der Waals surface area contributed by atoms with Crippen LogP contribution in [0.1, 0.15) is 110 Å². The minimum Gasteiger partial charge on any atom is -0.360 e. The molecule has 2 aromatic rings. The monoisotopic (exact) mass is 420 g/mol. The van der Waals surface area contributed by atoms with Crippen LogP contribution < -0.4 is 0 Å². The van der Waals surface area contributed by atoms with Gasteiger partial charge in [0.25, 0.3) is 5.91 Å². The van der Waals surface area contributed by atoms with Crippen molar-refractivity contribution in [2.24, 2.45) is 0 Å². The molecule has 1 heterocycles. The van der Waals surface area contributed by atoms with Gasteiger partial charge in [-0.2, -0.15) is 0 Å². The highest BCUT2D eigenvalue weighted by Gasteiger charge is 2.39. The number of rotatable bonds is 6. The largest absolute Gasteiger partial charge is 0.360 e. The first-order valence-electron chi connectivity index (χ1n) is 12.1. The highest BCUT2D eigenvalue weighted by molar-refractivity contribution is 6.00. The zero-order valence-corrected chi connectivity index (χ0v) is 18.2. The summed E-state index contributed by atoms with van der Waals surface area (Å²) in [5.74, 6) is 1.18. The third kappa shape index (κ3) is 4.19. The van der Waals surface area contributed by atoms with E-state index in [0.717, 1.165) is 61.7 Å². The van der Waals surface area contributed by atoms with Gasteiger partial charge in [0.15, 0.2) is 5.69 Å². The van der Waals surface area contributed by atoms with Gasteiger partial charge in [0, 0.05) is 23.6 Å². The van der Waals surface area contributed by atoms with E-state index in [1.54, 1.807) is 6.07 Å². The smallest absolute Gasteiger partial charge is 0.277 e. The number of carbonyl (C=O) groups is 2. The van der Waals surface area contributed by atoms with E-state index in [-0.39, 0.29) is 5.91 Å². The predicted octanol–water partition coefficient (Wildman–Crippen LogP) is 6.14. The van der Waals surface area contributed by atoms with Crippen LogP contribution in [-0.2, 0) is 0 Å². The Bertz CT molecular complexity index is 916. The normalized spacial score (nSPS) is 20.5. The van der Waals surface area contributed by atoms with Crippen molar-refractivity contribution in [2.75, 3.05) is 0 Å². The van der Waals surface area contributed by atoms with Crippen molar-refractivity contribution >= 4 is 12.2 Å². The van der Waals surface area contributed by atoms with Crippen LogP contribution in [0.15, 0.2) is 28.8 Å². The average molecular weight is 421 g/mol. The van der Waals surface area contributed by atoms with Crippen LogP contribution >= 0.6 is 0 Å². The van der Waals surface area contributed by atoms with Crippen LogP contribution in [0.3, 0.4) is 0 Å². The summed E-state index contributed by atoms with van der Waals surface area (Å²) in [5, 5.41) is 4.37. The van der Waals surface area contributed by atoms with E-state index in [0.29, 0.717) is 29.3 Å². The van der Waals surface area contributed by atoms with E-state index in [1.165, 1.54) is 38.5 Å². The standard InChI is InChI=1S/C26H32N2O3/c29-17-18-8-7-9-20(16-18)23-24(27-31-25(23)19-14-15-19)26(30)28(21-10-3-1-4-11-21)22-12-5-2-6-13-22/h7-9,16-17,19,21-22H,1-6,10-15H2. The van der Waals surface area contributed by atoms with Crippen LogP contribution in [0.4, 0.5) is 0 Å². The third-order valence-electron chi connectivity index (χ3n) is 7.35. The highest BCUT2D eigenvalue weighted by atomic mass is 16.5. The van der Waals surface area contributed by atoms with Crippen LogP contribution in [0.25, 0.3) is 11.1 Å². The van der Waals surface area contributed by atoms with Crippen molar-refractivity contribution < 1.29 is 14.1 Å². The fraction of sp³-hybridized carbons (Fsp3) is 0.577. The second-order valence-electron chi connectivity index (χ2n) is 9.58. The fourth-order valence-corrected chi connectivity index (χ4v) is 5.59. The Morgan fingerprint density at radius 3 is 2.16 bits per heavy atom. The van der Waals surface area contributed by atoms with Crippen LogP contribution in [0.2, 0.25) is 0 Å². The van der Waals surface area contributed by atoms with Crippen LogP contribution in [0, 0.1) is 0 Å². The molecule has 31 heavy (non-hydrogen) atoms. The summed E-state index contributed by atoms with van der Waals surface area (Å²) >= 11 is 0. The van der Waals surface area contributed by atoms with E-state index in [2.05, 4.69) is 10.1 Å². The highest BCUT2D eigenvalue weighted by Crippen LogP contribution is 2.46. The van der Waals surface area contributed by atoms with E-state index >= 15 is 0 Å². The summed E-state index contributed by atoms with van der Waals surface area (Å²) in [6.07, 6.45) is 14.7. The summed E-state index contributed by atoms with van der Waals surface area (Å²) < 4.78 is 5.81. The molecule has 1 aromatic heterocycles. The molecular weight excluding hydrogens is 388 g/mol. The average Bonchev–Trinajstić information content (AvgIpc) is 3.58. The quantitative estimate of drug-likeness (QED) is 0.527. The van der Waals surface area contributed by atoms with Crippen LogP contribution in [0.5, 0.6) is 0 Å². The Kier molecular flexibility index (Phi) is 5.93. The number of benzene rings is 1. The van der Waals surface area contributed by atoms with Crippen molar-refractivity contribution in [2.45, 2.75) is 95.1 Å². The summed E-state index contributed by atoms with van der Waals surface area (Å²) in [4.78, 5) is 27.7. The number of aromatic nitrogens is 1. The van der Waals surface area contributed by atoms with Gasteiger partial charge >= 0.3 is 0 Å². The number of aldehydes is 1. The van der Waals surface area contributed by atoms with Crippen LogP contribution in [-0.4, -0.2) is 34.3 Å². The lowest BCUT2D eigenvalue weighted by Crippen LogP contribution is -2.49. The molecule has 3 aliphatic carbocycles. The molecule has 1 amide bonds.